The fourth-order valence-corrected chi connectivity index (χ4v) is 3.02. The molecule has 0 fully saturated rings. The molecule has 0 unspecified atom stereocenters. The van der Waals surface area contributed by atoms with Crippen LogP contribution in [0.3, 0.4) is 0 Å². The normalized spacial score (nSPS) is 12.5. The van der Waals surface area contributed by atoms with Gasteiger partial charge in [-0.25, -0.2) is 12.8 Å². The fraction of sp³-hybridized carbons (Fsp3) is 0.200. The number of halogens is 1. The predicted molar refractivity (Wildman–Crippen MR) is 97.8 cm³/mol. The number of benzene rings is 2. The average molecular weight is 344 g/mol. The Morgan fingerprint density at radius 2 is 1.50 bits per heavy atom. The van der Waals surface area contributed by atoms with Crippen molar-refractivity contribution in [1.82, 2.24) is 0 Å². The highest BCUT2D eigenvalue weighted by Gasteiger charge is 2.12. The van der Waals surface area contributed by atoms with Gasteiger partial charge >= 0.3 is 0 Å². The summed E-state index contributed by atoms with van der Waals surface area (Å²) in [6.45, 7) is 8.26. The molecule has 2 aromatic rings. The van der Waals surface area contributed by atoms with Gasteiger partial charge in [-0.3, -0.25) is 0 Å². The monoisotopic (exact) mass is 344 g/mol. The molecule has 0 atom stereocenters. The molecular weight excluding hydrogens is 323 g/mol. The first-order valence-electron chi connectivity index (χ1n) is 7.66. The van der Waals surface area contributed by atoms with Crippen molar-refractivity contribution in [2.75, 3.05) is 6.26 Å². The van der Waals surface area contributed by atoms with Gasteiger partial charge in [-0.2, -0.15) is 0 Å². The summed E-state index contributed by atoms with van der Waals surface area (Å²) < 4.78 is 36.4. The van der Waals surface area contributed by atoms with Crippen molar-refractivity contribution in [2.45, 2.75) is 18.7 Å². The minimum atomic E-state index is -3.23. The smallest absolute Gasteiger partial charge is 0.175 e. The van der Waals surface area contributed by atoms with Crippen molar-refractivity contribution in [3.05, 3.63) is 78.1 Å². The lowest BCUT2D eigenvalue weighted by molar-refractivity contribution is 0.602. The molecule has 0 aromatic heterocycles. The molecule has 0 aliphatic rings. The van der Waals surface area contributed by atoms with Crippen LogP contribution in [0.5, 0.6) is 0 Å². The van der Waals surface area contributed by atoms with E-state index in [1.807, 2.05) is 0 Å². The molecule has 0 saturated heterocycles. The highest BCUT2D eigenvalue weighted by molar-refractivity contribution is 7.90. The van der Waals surface area contributed by atoms with Gasteiger partial charge in [0, 0.05) is 6.26 Å². The third-order valence-electron chi connectivity index (χ3n) is 3.61. The summed E-state index contributed by atoms with van der Waals surface area (Å²) in [6.07, 6.45) is 3.26. The Kier molecular flexibility index (Phi) is 5.40. The van der Waals surface area contributed by atoms with E-state index < -0.39 is 9.84 Å². The molecule has 0 saturated carbocycles. The fourth-order valence-electron chi connectivity index (χ4n) is 2.39. The number of allylic oxidation sites excluding steroid dienone is 3. The van der Waals surface area contributed by atoms with Crippen LogP contribution in [0.1, 0.15) is 25.0 Å². The van der Waals surface area contributed by atoms with Gasteiger partial charge < -0.3 is 0 Å². The van der Waals surface area contributed by atoms with Crippen molar-refractivity contribution in [3.63, 3.8) is 0 Å². The van der Waals surface area contributed by atoms with Crippen LogP contribution in [-0.4, -0.2) is 14.7 Å². The summed E-state index contributed by atoms with van der Waals surface area (Å²) in [5.41, 5.74) is 3.40. The van der Waals surface area contributed by atoms with Crippen LogP contribution in [-0.2, 0) is 9.84 Å². The van der Waals surface area contributed by atoms with Gasteiger partial charge in [0.2, 0.25) is 0 Å². The summed E-state index contributed by atoms with van der Waals surface area (Å²) >= 11 is 0. The van der Waals surface area contributed by atoms with E-state index in [9.17, 15) is 12.8 Å². The Morgan fingerprint density at radius 3 is 1.96 bits per heavy atom. The van der Waals surface area contributed by atoms with Gasteiger partial charge in [-0.1, -0.05) is 50.8 Å². The number of rotatable bonds is 5. The van der Waals surface area contributed by atoms with Crippen LogP contribution < -0.4 is 0 Å². The first-order chi connectivity index (χ1) is 11.2. The van der Waals surface area contributed by atoms with Crippen LogP contribution in [0.2, 0.25) is 0 Å². The zero-order valence-corrected chi connectivity index (χ0v) is 14.9. The minimum absolute atomic E-state index is 0.280. The maximum atomic E-state index is 13.1. The summed E-state index contributed by atoms with van der Waals surface area (Å²) in [6, 6.07) is 12.9. The lowest BCUT2D eigenvalue weighted by atomic mass is 9.91. The number of hydrogen-bond acceptors (Lipinski definition) is 2. The van der Waals surface area contributed by atoms with Gasteiger partial charge in [-0.05, 0) is 52.5 Å². The van der Waals surface area contributed by atoms with Gasteiger partial charge in [-0.15, -0.1) is 0 Å². The Bertz CT molecular complexity index is 859. The van der Waals surface area contributed by atoms with Crippen molar-refractivity contribution in [3.8, 4) is 0 Å². The molecule has 4 heteroatoms. The molecule has 0 amide bonds. The van der Waals surface area contributed by atoms with Gasteiger partial charge in [0.05, 0.1) is 4.90 Å². The third-order valence-corrected chi connectivity index (χ3v) is 4.74. The Labute approximate surface area is 143 Å². The zero-order valence-electron chi connectivity index (χ0n) is 14.1. The lowest BCUT2D eigenvalue weighted by Crippen LogP contribution is -1.98. The highest BCUT2D eigenvalue weighted by Crippen LogP contribution is 2.31. The van der Waals surface area contributed by atoms with Crippen LogP contribution in [0.4, 0.5) is 4.39 Å². The topological polar surface area (TPSA) is 34.1 Å². The molecule has 0 aliphatic carbocycles. The SMILES string of the molecule is C=C(C(=CC(C)C)c1ccc(S(C)(=O)=O)cc1)c1ccc(F)cc1. The predicted octanol–water partition coefficient (Wildman–Crippen LogP) is 4.98. The van der Waals surface area contributed by atoms with Crippen molar-refractivity contribution < 1.29 is 12.8 Å². The van der Waals surface area contributed by atoms with Gasteiger partial charge in [0.15, 0.2) is 9.84 Å². The van der Waals surface area contributed by atoms with Crippen LogP contribution in [0.15, 0.2) is 66.1 Å². The zero-order chi connectivity index (χ0) is 17.9. The molecule has 24 heavy (non-hydrogen) atoms. The number of sulfone groups is 1. The molecule has 0 radical (unpaired) electrons. The van der Waals surface area contributed by atoms with E-state index >= 15 is 0 Å². The van der Waals surface area contributed by atoms with E-state index in [1.54, 1.807) is 36.4 Å². The molecule has 0 aliphatic heterocycles. The van der Waals surface area contributed by atoms with E-state index in [4.69, 9.17) is 0 Å². The standard InChI is InChI=1S/C20H21FO2S/c1-14(2)13-20(15(3)16-5-9-18(21)10-6-16)17-7-11-19(12-8-17)24(4,22)23/h5-14H,3H2,1-2,4H3. The van der Waals surface area contributed by atoms with E-state index in [-0.39, 0.29) is 16.6 Å². The molecule has 2 nitrogen and oxygen atoms in total. The largest absolute Gasteiger partial charge is 0.224 e. The van der Waals surface area contributed by atoms with Gasteiger partial charge in [0.25, 0.3) is 0 Å². The molecule has 0 N–H and O–H groups in total. The summed E-state index contributed by atoms with van der Waals surface area (Å²) in [4.78, 5) is 0.280. The van der Waals surface area contributed by atoms with Crippen LogP contribution >= 0.6 is 0 Å². The Hall–Kier alpha value is -2.20. The van der Waals surface area contributed by atoms with Gasteiger partial charge in [0.1, 0.15) is 5.82 Å². The van der Waals surface area contributed by atoms with Crippen molar-refractivity contribution >= 4 is 21.0 Å². The van der Waals surface area contributed by atoms with Crippen LogP contribution in [0, 0.1) is 11.7 Å². The summed E-state index contributed by atoms with van der Waals surface area (Å²) in [7, 11) is -3.23. The molecular formula is C20H21FO2S. The van der Waals surface area contributed by atoms with Crippen LogP contribution in [0.25, 0.3) is 11.1 Å². The number of hydrogen-bond donors (Lipinski definition) is 0. The maximum absolute atomic E-state index is 13.1. The molecule has 2 aromatic carbocycles. The van der Waals surface area contributed by atoms with E-state index in [0.717, 1.165) is 22.3 Å². The summed E-state index contributed by atoms with van der Waals surface area (Å²) in [5, 5.41) is 0. The second-order valence-electron chi connectivity index (χ2n) is 6.11. The molecule has 126 valence electrons. The quantitative estimate of drug-likeness (QED) is 0.717. The third kappa shape index (κ3) is 4.42. The highest BCUT2D eigenvalue weighted by atomic mass is 32.2. The van der Waals surface area contributed by atoms with E-state index in [0.29, 0.717) is 0 Å². The van der Waals surface area contributed by atoms with Crippen molar-refractivity contribution in [2.24, 2.45) is 5.92 Å². The molecule has 0 heterocycles. The first-order valence-corrected chi connectivity index (χ1v) is 9.55. The Morgan fingerprint density at radius 1 is 1.00 bits per heavy atom. The minimum Gasteiger partial charge on any atom is -0.224 e. The van der Waals surface area contributed by atoms with Crippen molar-refractivity contribution in [1.29, 1.82) is 0 Å². The second kappa shape index (κ2) is 7.14. The second-order valence-corrected chi connectivity index (χ2v) is 8.12. The van der Waals surface area contributed by atoms with E-state index in [1.165, 1.54) is 18.4 Å². The first kappa shape index (κ1) is 18.1. The summed E-state index contributed by atoms with van der Waals surface area (Å²) in [5.74, 6) is -0.00905. The molecule has 0 spiro atoms. The molecule has 2 rings (SSSR count). The average Bonchev–Trinajstić information content (AvgIpc) is 2.52. The maximum Gasteiger partial charge on any atom is 0.175 e. The van der Waals surface area contributed by atoms with E-state index in [2.05, 4.69) is 26.5 Å². The Balaban J connectivity index is 2.46. The molecule has 0 bridgehead atoms. The lowest BCUT2D eigenvalue weighted by Gasteiger charge is -2.14.